The maximum atomic E-state index is 3.57. The fourth-order valence-corrected chi connectivity index (χ4v) is 3.09. The van der Waals surface area contributed by atoms with Gasteiger partial charge < -0.3 is 15.1 Å². The molecule has 17 heavy (non-hydrogen) atoms. The van der Waals surface area contributed by atoms with Gasteiger partial charge in [-0.05, 0) is 52.6 Å². The molecular formula is C14H29N3. The fraction of sp³-hybridized carbons (Fsp3) is 1.00. The maximum Gasteiger partial charge on any atom is 0.0107 e. The minimum absolute atomic E-state index is 0.704. The van der Waals surface area contributed by atoms with Crippen LogP contribution in [0.4, 0.5) is 0 Å². The summed E-state index contributed by atoms with van der Waals surface area (Å²) >= 11 is 0. The van der Waals surface area contributed by atoms with Crippen LogP contribution in [0, 0.1) is 5.92 Å². The van der Waals surface area contributed by atoms with E-state index in [0.717, 1.165) is 12.0 Å². The molecule has 2 aliphatic rings. The quantitative estimate of drug-likeness (QED) is 0.803. The van der Waals surface area contributed by atoms with Gasteiger partial charge in [-0.2, -0.15) is 0 Å². The number of nitrogens with one attached hydrogen (secondary N) is 1. The lowest BCUT2D eigenvalue weighted by atomic mass is 10.1. The summed E-state index contributed by atoms with van der Waals surface area (Å²) in [5.74, 6) is 0.908. The highest BCUT2D eigenvalue weighted by molar-refractivity contribution is 4.81. The predicted octanol–water partition coefficient (Wildman–Crippen LogP) is 1.40. The van der Waals surface area contributed by atoms with Crippen LogP contribution in [0.25, 0.3) is 0 Å². The van der Waals surface area contributed by atoms with Crippen molar-refractivity contribution in [2.24, 2.45) is 5.92 Å². The third-order valence-electron chi connectivity index (χ3n) is 4.36. The van der Waals surface area contributed by atoms with Gasteiger partial charge in [0.2, 0.25) is 0 Å². The van der Waals surface area contributed by atoms with Gasteiger partial charge in [-0.3, -0.25) is 0 Å². The SMILES string of the molecule is CC1CCN(CC2CCN(C(C)C)C2)CCN1. The number of likely N-dealkylation sites (tertiary alicyclic amines) is 1. The van der Waals surface area contributed by atoms with Crippen LogP contribution in [0.1, 0.15) is 33.6 Å². The molecule has 100 valence electrons. The van der Waals surface area contributed by atoms with Crippen molar-refractivity contribution in [2.45, 2.75) is 45.7 Å². The van der Waals surface area contributed by atoms with E-state index in [1.807, 2.05) is 0 Å². The molecule has 3 nitrogen and oxygen atoms in total. The Balaban J connectivity index is 1.74. The molecule has 0 aromatic rings. The van der Waals surface area contributed by atoms with E-state index in [9.17, 15) is 0 Å². The molecular weight excluding hydrogens is 210 g/mol. The molecule has 0 saturated carbocycles. The first-order chi connectivity index (χ1) is 8.15. The molecule has 0 bridgehead atoms. The molecule has 2 saturated heterocycles. The maximum absolute atomic E-state index is 3.57. The van der Waals surface area contributed by atoms with Gasteiger partial charge in [-0.25, -0.2) is 0 Å². The lowest BCUT2D eigenvalue weighted by Crippen LogP contribution is -2.35. The van der Waals surface area contributed by atoms with Gasteiger partial charge in [0, 0.05) is 38.3 Å². The first kappa shape index (κ1) is 13.3. The molecule has 2 aliphatic heterocycles. The Bertz CT molecular complexity index is 230. The second kappa shape index (κ2) is 6.17. The largest absolute Gasteiger partial charge is 0.313 e. The van der Waals surface area contributed by atoms with E-state index < -0.39 is 0 Å². The van der Waals surface area contributed by atoms with Crippen molar-refractivity contribution < 1.29 is 0 Å². The van der Waals surface area contributed by atoms with Crippen LogP contribution < -0.4 is 5.32 Å². The highest BCUT2D eigenvalue weighted by Gasteiger charge is 2.26. The van der Waals surface area contributed by atoms with Crippen LogP contribution in [0.3, 0.4) is 0 Å². The molecule has 0 radical (unpaired) electrons. The van der Waals surface area contributed by atoms with Crippen molar-refractivity contribution in [3.8, 4) is 0 Å². The van der Waals surface area contributed by atoms with Gasteiger partial charge in [0.15, 0.2) is 0 Å². The molecule has 2 fully saturated rings. The Morgan fingerprint density at radius 2 is 2.00 bits per heavy atom. The Kier molecular flexibility index (Phi) is 4.83. The Morgan fingerprint density at radius 3 is 2.71 bits per heavy atom. The van der Waals surface area contributed by atoms with Gasteiger partial charge in [0.1, 0.15) is 0 Å². The van der Waals surface area contributed by atoms with E-state index in [2.05, 4.69) is 35.9 Å². The van der Waals surface area contributed by atoms with Crippen molar-refractivity contribution in [1.82, 2.24) is 15.1 Å². The summed E-state index contributed by atoms with van der Waals surface area (Å²) in [5, 5.41) is 3.57. The summed E-state index contributed by atoms with van der Waals surface area (Å²) in [7, 11) is 0. The molecule has 0 spiro atoms. The highest BCUT2D eigenvalue weighted by Crippen LogP contribution is 2.20. The van der Waals surface area contributed by atoms with E-state index >= 15 is 0 Å². The van der Waals surface area contributed by atoms with Crippen LogP contribution >= 0.6 is 0 Å². The van der Waals surface area contributed by atoms with Crippen LogP contribution in [0.15, 0.2) is 0 Å². The van der Waals surface area contributed by atoms with Crippen molar-refractivity contribution in [3.63, 3.8) is 0 Å². The average Bonchev–Trinajstić information content (AvgIpc) is 2.65. The fourth-order valence-electron chi connectivity index (χ4n) is 3.09. The molecule has 0 aromatic heterocycles. The average molecular weight is 239 g/mol. The van der Waals surface area contributed by atoms with E-state index in [-0.39, 0.29) is 0 Å². The minimum atomic E-state index is 0.704. The van der Waals surface area contributed by atoms with Crippen LogP contribution in [0.5, 0.6) is 0 Å². The molecule has 0 aliphatic carbocycles. The number of nitrogens with zero attached hydrogens (tertiary/aromatic N) is 2. The number of hydrogen-bond donors (Lipinski definition) is 1. The number of rotatable bonds is 3. The molecule has 0 amide bonds. The molecule has 2 heterocycles. The van der Waals surface area contributed by atoms with Crippen molar-refractivity contribution in [1.29, 1.82) is 0 Å². The Labute approximate surface area is 107 Å². The summed E-state index contributed by atoms with van der Waals surface area (Å²) in [4.78, 5) is 5.30. The Morgan fingerprint density at radius 1 is 1.18 bits per heavy atom. The van der Waals surface area contributed by atoms with Gasteiger partial charge in [0.05, 0.1) is 0 Å². The lowest BCUT2D eigenvalue weighted by Gasteiger charge is -2.24. The third kappa shape index (κ3) is 3.94. The van der Waals surface area contributed by atoms with Crippen molar-refractivity contribution in [3.05, 3.63) is 0 Å². The topological polar surface area (TPSA) is 18.5 Å². The Hall–Kier alpha value is -0.120. The first-order valence-corrected chi connectivity index (χ1v) is 7.35. The molecule has 3 heteroatoms. The van der Waals surface area contributed by atoms with E-state index in [4.69, 9.17) is 0 Å². The highest BCUT2D eigenvalue weighted by atomic mass is 15.2. The van der Waals surface area contributed by atoms with Gasteiger partial charge >= 0.3 is 0 Å². The van der Waals surface area contributed by atoms with Crippen LogP contribution in [-0.2, 0) is 0 Å². The zero-order valence-electron chi connectivity index (χ0n) is 11.8. The molecule has 1 N–H and O–H groups in total. The van der Waals surface area contributed by atoms with Crippen LogP contribution in [-0.4, -0.2) is 61.2 Å². The molecule has 2 unspecified atom stereocenters. The van der Waals surface area contributed by atoms with E-state index in [1.54, 1.807) is 0 Å². The van der Waals surface area contributed by atoms with Gasteiger partial charge in [-0.1, -0.05) is 0 Å². The summed E-state index contributed by atoms with van der Waals surface area (Å²) < 4.78 is 0. The molecule has 2 atom stereocenters. The second-order valence-electron chi connectivity index (χ2n) is 6.19. The first-order valence-electron chi connectivity index (χ1n) is 7.35. The molecule has 2 rings (SSSR count). The smallest absolute Gasteiger partial charge is 0.0107 e. The van der Waals surface area contributed by atoms with Gasteiger partial charge in [0.25, 0.3) is 0 Å². The monoisotopic (exact) mass is 239 g/mol. The number of hydrogen-bond acceptors (Lipinski definition) is 3. The summed E-state index contributed by atoms with van der Waals surface area (Å²) in [5.41, 5.74) is 0. The van der Waals surface area contributed by atoms with Crippen LogP contribution in [0.2, 0.25) is 0 Å². The summed E-state index contributed by atoms with van der Waals surface area (Å²) in [6, 6.07) is 1.43. The van der Waals surface area contributed by atoms with Crippen molar-refractivity contribution >= 4 is 0 Å². The van der Waals surface area contributed by atoms with E-state index in [1.165, 1.54) is 52.1 Å². The summed E-state index contributed by atoms with van der Waals surface area (Å²) in [6.07, 6.45) is 2.71. The van der Waals surface area contributed by atoms with Gasteiger partial charge in [-0.15, -0.1) is 0 Å². The standard InChI is InChI=1S/C14H29N3/c1-12(2)17-8-5-14(11-17)10-16-7-4-13(3)15-6-9-16/h12-15H,4-11H2,1-3H3. The zero-order chi connectivity index (χ0) is 12.3. The predicted molar refractivity (Wildman–Crippen MR) is 73.3 cm³/mol. The minimum Gasteiger partial charge on any atom is -0.313 e. The normalized spacial score (nSPS) is 33.2. The third-order valence-corrected chi connectivity index (χ3v) is 4.36. The van der Waals surface area contributed by atoms with E-state index in [0.29, 0.717) is 6.04 Å². The summed E-state index contributed by atoms with van der Waals surface area (Å²) in [6.45, 7) is 14.6. The second-order valence-corrected chi connectivity index (χ2v) is 6.19. The lowest BCUT2D eigenvalue weighted by molar-refractivity contribution is 0.222. The van der Waals surface area contributed by atoms with Crippen molar-refractivity contribution in [2.75, 3.05) is 39.3 Å². The molecule has 0 aromatic carbocycles. The zero-order valence-corrected chi connectivity index (χ0v) is 11.8.